The molecule has 1 aromatic heterocycles. The average Bonchev–Trinajstić information content (AvgIpc) is 3.33. The summed E-state index contributed by atoms with van der Waals surface area (Å²) in [6.07, 6.45) is 1.11. The van der Waals surface area contributed by atoms with Crippen LogP contribution in [0.4, 0.5) is 4.79 Å². The van der Waals surface area contributed by atoms with Gasteiger partial charge in [-0.05, 0) is 34.9 Å². The molecule has 3 rings (SSSR count). The maximum atomic E-state index is 12.3. The Morgan fingerprint density at radius 2 is 2.00 bits per heavy atom. The van der Waals surface area contributed by atoms with Crippen LogP contribution >= 0.6 is 11.3 Å². The van der Waals surface area contributed by atoms with Gasteiger partial charge in [-0.25, -0.2) is 4.79 Å². The fourth-order valence-corrected chi connectivity index (χ4v) is 3.91. The molecule has 2 heterocycles. The summed E-state index contributed by atoms with van der Waals surface area (Å²) >= 11 is 1.66. The lowest BCUT2D eigenvalue weighted by Gasteiger charge is -2.20. The maximum absolute atomic E-state index is 12.3. The Balaban J connectivity index is 1.74. The summed E-state index contributed by atoms with van der Waals surface area (Å²) in [5.41, 5.74) is 2.45. The quantitative estimate of drug-likeness (QED) is 0.783. The average molecular weight is 372 g/mol. The fourth-order valence-electron chi connectivity index (χ4n) is 3.09. The molecule has 1 aliphatic heterocycles. The minimum absolute atomic E-state index is 0.0596. The summed E-state index contributed by atoms with van der Waals surface area (Å²) in [6.45, 7) is 5.50. The molecule has 0 spiro atoms. The van der Waals surface area contributed by atoms with Gasteiger partial charge in [-0.1, -0.05) is 44.2 Å². The molecule has 1 aliphatic rings. The Morgan fingerprint density at radius 3 is 2.58 bits per heavy atom. The van der Waals surface area contributed by atoms with Gasteiger partial charge in [0.15, 0.2) is 0 Å². The zero-order chi connectivity index (χ0) is 18.5. The molecule has 26 heavy (non-hydrogen) atoms. The van der Waals surface area contributed by atoms with Crippen molar-refractivity contribution in [1.29, 1.82) is 0 Å². The first-order chi connectivity index (χ1) is 12.6. The first kappa shape index (κ1) is 18.6. The van der Waals surface area contributed by atoms with Crippen molar-refractivity contribution in [3.05, 3.63) is 57.8 Å². The van der Waals surface area contributed by atoms with Crippen molar-refractivity contribution >= 4 is 23.3 Å². The molecule has 2 N–H and O–H groups in total. The minimum Gasteiger partial charge on any atom is -0.336 e. The van der Waals surface area contributed by atoms with Crippen LogP contribution in [-0.4, -0.2) is 36.5 Å². The van der Waals surface area contributed by atoms with E-state index in [-0.39, 0.29) is 24.5 Å². The number of urea groups is 1. The van der Waals surface area contributed by atoms with E-state index in [9.17, 15) is 9.59 Å². The Bertz CT molecular complexity index is 743. The predicted octanol–water partition coefficient (Wildman–Crippen LogP) is 3.49. The Kier molecular flexibility index (Phi) is 6.06. The van der Waals surface area contributed by atoms with Gasteiger partial charge in [-0.3, -0.25) is 15.0 Å². The molecule has 6 heteroatoms. The lowest BCUT2D eigenvalue weighted by atomic mass is 9.95. The molecule has 138 valence electrons. The zero-order valence-corrected chi connectivity index (χ0v) is 16.0. The Hall–Kier alpha value is -2.18. The van der Waals surface area contributed by atoms with E-state index >= 15 is 0 Å². The summed E-state index contributed by atoms with van der Waals surface area (Å²) in [5.74, 6) is 0.338. The third-order valence-corrected chi connectivity index (χ3v) is 5.83. The van der Waals surface area contributed by atoms with Crippen LogP contribution in [0, 0.1) is 0 Å². The molecule has 0 saturated carbocycles. The number of amides is 3. The van der Waals surface area contributed by atoms with Crippen LogP contribution in [-0.2, 0) is 4.79 Å². The maximum Gasteiger partial charge on any atom is 0.324 e. The summed E-state index contributed by atoms with van der Waals surface area (Å²) < 4.78 is 0. The largest absolute Gasteiger partial charge is 0.336 e. The van der Waals surface area contributed by atoms with E-state index in [0.717, 1.165) is 16.9 Å². The Morgan fingerprint density at radius 1 is 1.27 bits per heavy atom. The molecule has 1 saturated heterocycles. The molecule has 5 nitrogen and oxygen atoms in total. The van der Waals surface area contributed by atoms with Crippen molar-refractivity contribution in [1.82, 2.24) is 15.5 Å². The van der Waals surface area contributed by atoms with Gasteiger partial charge in [0, 0.05) is 18.0 Å². The number of carbonyl (C=O) groups excluding carboxylic acids is 2. The number of rotatable bonds is 7. The van der Waals surface area contributed by atoms with E-state index in [1.807, 2.05) is 11.4 Å². The van der Waals surface area contributed by atoms with Gasteiger partial charge < -0.3 is 5.32 Å². The third kappa shape index (κ3) is 4.14. The van der Waals surface area contributed by atoms with Crippen LogP contribution < -0.4 is 10.6 Å². The van der Waals surface area contributed by atoms with Crippen LogP contribution in [0.5, 0.6) is 0 Å². The summed E-state index contributed by atoms with van der Waals surface area (Å²) in [7, 11) is 0. The van der Waals surface area contributed by atoms with Crippen molar-refractivity contribution in [3.8, 4) is 0 Å². The van der Waals surface area contributed by atoms with E-state index in [1.54, 1.807) is 11.3 Å². The number of imide groups is 1. The van der Waals surface area contributed by atoms with E-state index < -0.39 is 0 Å². The number of carbonyl (C=O) groups is 2. The van der Waals surface area contributed by atoms with Gasteiger partial charge in [0.2, 0.25) is 5.91 Å². The Labute approximate surface area is 158 Å². The number of thiophene rings is 1. The molecule has 1 fully saturated rings. The highest BCUT2D eigenvalue weighted by atomic mass is 32.1. The van der Waals surface area contributed by atoms with Crippen molar-refractivity contribution < 1.29 is 9.59 Å². The molecule has 0 aliphatic carbocycles. The van der Waals surface area contributed by atoms with Crippen LogP contribution in [0.25, 0.3) is 0 Å². The van der Waals surface area contributed by atoms with Gasteiger partial charge in [0.25, 0.3) is 0 Å². The van der Waals surface area contributed by atoms with Crippen LogP contribution in [0.3, 0.4) is 0 Å². The highest BCUT2D eigenvalue weighted by Crippen LogP contribution is 2.28. The normalized spacial score (nSPS) is 16.4. The second-order valence-corrected chi connectivity index (χ2v) is 7.56. The standard InChI is InChI=1S/C20H25N3O2S/c1-3-14(2)15-6-8-16(9-7-15)19(17-5-4-12-26-17)22-13-18(24)23-11-10-21-20(23)25/h4-9,12,14,19,22H,3,10-11,13H2,1-2H3,(H,21,25)/t14-,19-/m0/s1. The monoisotopic (exact) mass is 371 g/mol. The predicted molar refractivity (Wildman–Crippen MR) is 104 cm³/mol. The number of nitrogens with one attached hydrogen (secondary N) is 2. The molecule has 2 aromatic rings. The van der Waals surface area contributed by atoms with E-state index in [4.69, 9.17) is 0 Å². The van der Waals surface area contributed by atoms with Crippen LogP contribution in [0.2, 0.25) is 0 Å². The molecule has 0 bridgehead atoms. The molecule has 0 unspecified atom stereocenters. The van der Waals surface area contributed by atoms with Crippen molar-refractivity contribution in [3.63, 3.8) is 0 Å². The molecule has 2 atom stereocenters. The molecule has 1 aromatic carbocycles. The van der Waals surface area contributed by atoms with E-state index in [1.165, 1.54) is 10.5 Å². The van der Waals surface area contributed by atoms with Crippen LogP contribution in [0.1, 0.15) is 48.2 Å². The van der Waals surface area contributed by atoms with Gasteiger partial charge in [-0.2, -0.15) is 0 Å². The number of benzene rings is 1. The first-order valence-electron chi connectivity index (χ1n) is 9.05. The lowest BCUT2D eigenvalue weighted by Crippen LogP contribution is -2.41. The highest BCUT2D eigenvalue weighted by molar-refractivity contribution is 7.10. The summed E-state index contributed by atoms with van der Waals surface area (Å²) in [5, 5.41) is 8.03. The highest BCUT2D eigenvalue weighted by Gasteiger charge is 2.26. The van der Waals surface area contributed by atoms with E-state index in [2.05, 4.69) is 54.8 Å². The second-order valence-electron chi connectivity index (χ2n) is 6.58. The van der Waals surface area contributed by atoms with Crippen molar-refractivity contribution in [2.24, 2.45) is 0 Å². The van der Waals surface area contributed by atoms with Gasteiger partial charge in [0.1, 0.15) is 0 Å². The van der Waals surface area contributed by atoms with Gasteiger partial charge >= 0.3 is 6.03 Å². The topological polar surface area (TPSA) is 61.4 Å². The molecule has 3 amide bonds. The van der Waals surface area contributed by atoms with Crippen molar-refractivity contribution in [2.45, 2.75) is 32.2 Å². The number of nitrogens with zero attached hydrogens (tertiary/aromatic N) is 1. The number of hydrogen-bond donors (Lipinski definition) is 2. The van der Waals surface area contributed by atoms with Gasteiger partial charge in [-0.15, -0.1) is 11.3 Å². The minimum atomic E-state index is -0.303. The van der Waals surface area contributed by atoms with Crippen molar-refractivity contribution in [2.75, 3.05) is 19.6 Å². The molecular weight excluding hydrogens is 346 g/mol. The number of hydrogen-bond acceptors (Lipinski definition) is 4. The van der Waals surface area contributed by atoms with Crippen LogP contribution in [0.15, 0.2) is 41.8 Å². The summed E-state index contributed by atoms with van der Waals surface area (Å²) in [6, 6.07) is 12.3. The SMILES string of the molecule is CC[C@H](C)c1ccc([C@H](NCC(=O)N2CCNC2=O)c2cccs2)cc1. The third-order valence-electron chi connectivity index (χ3n) is 4.89. The van der Waals surface area contributed by atoms with Gasteiger partial charge in [0.05, 0.1) is 12.6 Å². The second kappa shape index (κ2) is 8.47. The molecular formula is C20H25N3O2S. The molecule has 0 radical (unpaired) electrons. The van der Waals surface area contributed by atoms with E-state index in [0.29, 0.717) is 19.0 Å². The lowest BCUT2D eigenvalue weighted by molar-refractivity contribution is -0.126. The summed E-state index contributed by atoms with van der Waals surface area (Å²) in [4.78, 5) is 26.4. The smallest absolute Gasteiger partial charge is 0.324 e. The first-order valence-corrected chi connectivity index (χ1v) is 9.93. The fraction of sp³-hybridized carbons (Fsp3) is 0.400. The zero-order valence-electron chi connectivity index (χ0n) is 15.2.